The molecule has 0 unspecified atom stereocenters. The Morgan fingerprint density at radius 1 is 1.08 bits per heavy atom. The highest BCUT2D eigenvalue weighted by atomic mass is 35.5. The molecule has 0 heterocycles. The van der Waals surface area contributed by atoms with Gasteiger partial charge >= 0.3 is 6.03 Å². The summed E-state index contributed by atoms with van der Waals surface area (Å²) in [5, 5.41) is 5.89. The summed E-state index contributed by atoms with van der Waals surface area (Å²) >= 11 is 6.03. The van der Waals surface area contributed by atoms with Crippen LogP contribution in [0.25, 0.3) is 0 Å². The van der Waals surface area contributed by atoms with Gasteiger partial charge in [-0.2, -0.15) is 0 Å². The van der Waals surface area contributed by atoms with Crippen LogP contribution in [-0.4, -0.2) is 21.0 Å². The summed E-state index contributed by atoms with van der Waals surface area (Å²) in [7, 11) is -3.68. The van der Waals surface area contributed by atoms with Crippen molar-refractivity contribution in [1.82, 2.24) is 10.0 Å². The van der Waals surface area contributed by atoms with E-state index in [1.54, 1.807) is 36.4 Å². The summed E-state index contributed by atoms with van der Waals surface area (Å²) in [6.07, 6.45) is 0. The second-order valence-corrected chi connectivity index (χ2v) is 8.34. The number of urea groups is 1. The fourth-order valence-corrected chi connectivity index (χ4v) is 3.30. The molecule has 0 bridgehead atoms. The normalized spacial score (nSPS) is 11.4. The Labute approximate surface area is 159 Å². The van der Waals surface area contributed by atoms with Crippen molar-refractivity contribution in [2.45, 2.75) is 25.3 Å². The van der Waals surface area contributed by atoms with Gasteiger partial charge in [0.25, 0.3) is 0 Å². The number of carbonyl (C=O) groups is 1. The van der Waals surface area contributed by atoms with Gasteiger partial charge in [0.05, 0.1) is 4.90 Å². The summed E-state index contributed by atoms with van der Waals surface area (Å²) in [6.45, 7) is 4.65. The van der Waals surface area contributed by atoms with Crippen LogP contribution in [0.3, 0.4) is 0 Å². The molecule has 140 valence electrons. The van der Waals surface area contributed by atoms with Gasteiger partial charge in [0.1, 0.15) is 0 Å². The van der Waals surface area contributed by atoms with Gasteiger partial charge in [-0.3, -0.25) is 0 Å². The minimum absolute atomic E-state index is 0.0968. The number of hydrogen-bond acceptors (Lipinski definition) is 3. The quantitative estimate of drug-likeness (QED) is 0.669. The SMILES string of the molecule is CC(C)CNC(=O)Nc1ccc(S(=O)(=O)NCc2ccccc2Cl)cc1. The Morgan fingerprint density at radius 3 is 2.35 bits per heavy atom. The molecule has 6 nitrogen and oxygen atoms in total. The predicted molar refractivity (Wildman–Crippen MR) is 104 cm³/mol. The zero-order valence-corrected chi connectivity index (χ0v) is 16.2. The lowest BCUT2D eigenvalue weighted by Gasteiger charge is -2.11. The minimum atomic E-state index is -3.68. The first-order valence-corrected chi connectivity index (χ1v) is 10.0. The minimum Gasteiger partial charge on any atom is -0.338 e. The van der Waals surface area contributed by atoms with E-state index in [2.05, 4.69) is 15.4 Å². The molecule has 0 aliphatic heterocycles. The van der Waals surface area contributed by atoms with Gasteiger partial charge in [0, 0.05) is 23.8 Å². The lowest BCUT2D eigenvalue weighted by Crippen LogP contribution is -2.31. The Kier molecular flexibility index (Phi) is 7.02. The maximum atomic E-state index is 12.4. The Morgan fingerprint density at radius 2 is 1.73 bits per heavy atom. The smallest absolute Gasteiger partial charge is 0.319 e. The number of amides is 2. The summed E-state index contributed by atoms with van der Waals surface area (Å²) in [6, 6.07) is 12.7. The molecule has 3 N–H and O–H groups in total. The Hall–Kier alpha value is -2.09. The van der Waals surface area contributed by atoms with Crippen LogP contribution in [0.5, 0.6) is 0 Å². The first-order chi connectivity index (χ1) is 12.3. The van der Waals surface area contributed by atoms with Crippen molar-refractivity contribution >= 4 is 33.3 Å². The maximum absolute atomic E-state index is 12.4. The summed E-state index contributed by atoms with van der Waals surface area (Å²) in [5.74, 6) is 0.345. The van der Waals surface area contributed by atoms with Gasteiger partial charge in [-0.1, -0.05) is 43.6 Å². The number of carbonyl (C=O) groups excluding carboxylic acids is 1. The molecule has 2 aromatic rings. The molecule has 0 radical (unpaired) electrons. The van der Waals surface area contributed by atoms with Gasteiger partial charge in [-0.25, -0.2) is 17.9 Å². The predicted octanol–water partition coefficient (Wildman–Crippen LogP) is 3.60. The third-order valence-electron chi connectivity index (χ3n) is 3.50. The van der Waals surface area contributed by atoms with E-state index in [0.717, 1.165) is 0 Å². The molecule has 2 aromatic carbocycles. The lowest BCUT2D eigenvalue weighted by molar-refractivity contribution is 0.251. The van der Waals surface area contributed by atoms with Crippen molar-refractivity contribution in [3.05, 3.63) is 59.1 Å². The van der Waals surface area contributed by atoms with Crippen LogP contribution in [0, 0.1) is 5.92 Å². The van der Waals surface area contributed by atoms with Crippen LogP contribution >= 0.6 is 11.6 Å². The summed E-state index contributed by atoms with van der Waals surface area (Å²) in [5.41, 5.74) is 1.20. The van der Waals surface area contributed by atoms with E-state index >= 15 is 0 Å². The Balaban J connectivity index is 1.98. The topological polar surface area (TPSA) is 87.3 Å². The van der Waals surface area contributed by atoms with Crippen LogP contribution in [0.2, 0.25) is 5.02 Å². The highest BCUT2D eigenvalue weighted by Crippen LogP contribution is 2.17. The molecule has 0 aromatic heterocycles. The third kappa shape index (κ3) is 6.01. The fraction of sp³-hybridized carbons (Fsp3) is 0.278. The molecule has 0 saturated carbocycles. The van der Waals surface area contributed by atoms with E-state index in [1.807, 2.05) is 13.8 Å². The average Bonchev–Trinajstić information content (AvgIpc) is 2.60. The largest absolute Gasteiger partial charge is 0.338 e. The van der Waals surface area contributed by atoms with E-state index in [0.29, 0.717) is 28.7 Å². The molecule has 2 rings (SSSR count). The molecule has 0 aliphatic rings. The van der Waals surface area contributed by atoms with Crippen molar-refractivity contribution in [3.63, 3.8) is 0 Å². The molecule has 0 spiro atoms. The van der Waals surface area contributed by atoms with Crippen molar-refractivity contribution in [3.8, 4) is 0 Å². The van der Waals surface area contributed by atoms with E-state index in [9.17, 15) is 13.2 Å². The molecule has 8 heteroatoms. The van der Waals surface area contributed by atoms with Gasteiger partial charge in [0.2, 0.25) is 10.0 Å². The summed E-state index contributed by atoms with van der Waals surface area (Å²) < 4.78 is 27.3. The number of anilines is 1. The lowest BCUT2D eigenvalue weighted by atomic mass is 10.2. The highest BCUT2D eigenvalue weighted by molar-refractivity contribution is 7.89. The number of hydrogen-bond donors (Lipinski definition) is 3. The van der Waals surface area contributed by atoms with Crippen LogP contribution in [0.15, 0.2) is 53.4 Å². The monoisotopic (exact) mass is 395 g/mol. The average molecular weight is 396 g/mol. The molecule has 0 saturated heterocycles. The zero-order valence-electron chi connectivity index (χ0n) is 14.6. The first kappa shape index (κ1) is 20.2. The van der Waals surface area contributed by atoms with Crippen LogP contribution in [0.4, 0.5) is 10.5 Å². The third-order valence-corrected chi connectivity index (χ3v) is 5.29. The van der Waals surface area contributed by atoms with Crippen LogP contribution in [0.1, 0.15) is 19.4 Å². The second kappa shape index (κ2) is 9.02. The fourth-order valence-electron chi connectivity index (χ4n) is 2.09. The van der Waals surface area contributed by atoms with Crippen LogP contribution in [-0.2, 0) is 16.6 Å². The zero-order chi connectivity index (χ0) is 19.2. The van der Waals surface area contributed by atoms with Gasteiger partial charge in [-0.05, 0) is 41.8 Å². The van der Waals surface area contributed by atoms with Gasteiger partial charge < -0.3 is 10.6 Å². The van der Waals surface area contributed by atoms with E-state index in [4.69, 9.17) is 11.6 Å². The molecular formula is C18H22ClN3O3S. The molecule has 0 atom stereocenters. The van der Waals surface area contributed by atoms with E-state index in [-0.39, 0.29) is 17.5 Å². The second-order valence-electron chi connectivity index (χ2n) is 6.17. The first-order valence-electron chi connectivity index (χ1n) is 8.16. The molecule has 2 amide bonds. The van der Waals surface area contributed by atoms with E-state index in [1.165, 1.54) is 12.1 Å². The number of rotatable bonds is 7. The standard InChI is InChI=1S/C18H22ClN3O3S/c1-13(2)11-20-18(23)22-15-7-9-16(10-8-15)26(24,25)21-12-14-5-3-4-6-17(14)19/h3-10,13,21H,11-12H2,1-2H3,(H2,20,22,23). The Bertz CT molecular complexity index is 852. The van der Waals surface area contributed by atoms with Crippen molar-refractivity contribution in [2.75, 3.05) is 11.9 Å². The maximum Gasteiger partial charge on any atom is 0.319 e. The molecule has 0 fully saturated rings. The van der Waals surface area contributed by atoms with E-state index < -0.39 is 10.0 Å². The number of benzene rings is 2. The number of sulfonamides is 1. The number of nitrogens with one attached hydrogen (secondary N) is 3. The molecule has 26 heavy (non-hydrogen) atoms. The van der Waals surface area contributed by atoms with Crippen molar-refractivity contribution < 1.29 is 13.2 Å². The molecular weight excluding hydrogens is 374 g/mol. The van der Waals surface area contributed by atoms with Crippen LogP contribution < -0.4 is 15.4 Å². The van der Waals surface area contributed by atoms with Gasteiger partial charge in [-0.15, -0.1) is 0 Å². The van der Waals surface area contributed by atoms with Crippen molar-refractivity contribution in [2.24, 2.45) is 5.92 Å². The highest BCUT2D eigenvalue weighted by Gasteiger charge is 2.14. The number of halogens is 1. The molecule has 0 aliphatic carbocycles. The van der Waals surface area contributed by atoms with Crippen molar-refractivity contribution in [1.29, 1.82) is 0 Å². The summed E-state index contributed by atoms with van der Waals surface area (Å²) in [4.78, 5) is 11.8. The van der Waals surface area contributed by atoms with Gasteiger partial charge in [0.15, 0.2) is 0 Å².